The number of nitrogens with zero attached hydrogens (tertiary/aromatic N) is 4. The predicted octanol–water partition coefficient (Wildman–Crippen LogP) is 1.98. The number of carboxylic acids is 1. The van der Waals surface area contributed by atoms with Crippen LogP contribution in [0.4, 0.5) is 4.79 Å². The molecule has 0 aliphatic rings. The molecule has 1 unspecified atom stereocenters. The summed E-state index contributed by atoms with van der Waals surface area (Å²) in [6.07, 6.45) is 1.68. The van der Waals surface area contributed by atoms with E-state index in [1.54, 1.807) is 0 Å². The van der Waals surface area contributed by atoms with Crippen molar-refractivity contribution >= 4 is 12.0 Å². The third-order valence-electron chi connectivity index (χ3n) is 4.72. The van der Waals surface area contributed by atoms with Crippen LogP contribution in [0.15, 0.2) is 54.6 Å². The van der Waals surface area contributed by atoms with Gasteiger partial charge in [-0.05, 0) is 24.8 Å². The number of nitrogens with two attached hydrogens (primary N) is 1. The van der Waals surface area contributed by atoms with Crippen LogP contribution in [0.1, 0.15) is 24.8 Å². The van der Waals surface area contributed by atoms with Crippen molar-refractivity contribution in [1.82, 2.24) is 31.0 Å². The molecule has 2 aromatic carbocycles. The Kier molecular flexibility index (Phi) is 8.15. The quantitative estimate of drug-likeness (QED) is 0.352. The molecule has 3 aromatic rings. The molecule has 0 aliphatic carbocycles. The molecule has 0 saturated heterocycles. The zero-order valence-electron chi connectivity index (χ0n) is 17.4. The van der Waals surface area contributed by atoms with E-state index in [0.29, 0.717) is 44.0 Å². The van der Waals surface area contributed by atoms with Gasteiger partial charge in [-0.1, -0.05) is 54.6 Å². The van der Waals surface area contributed by atoms with E-state index < -0.39 is 12.0 Å². The lowest BCUT2D eigenvalue weighted by Gasteiger charge is -2.09. The van der Waals surface area contributed by atoms with E-state index >= 15 is 0 Å². The maximum Gasteiger partial charge on any atom is 0.320 e. The molecule has 10 nitrogen and oxygen atoms in total. The van der Waals surface area contributed by atoms with Gasteiger partial charge in [0.15, 0.2) is 0 Å². The number of carbonyl (C=O) groups is 2. The average Bonchev–Trinajstić information content (AvgIpc) is 2.83. The fraction of sp³-hybridized carbons (Fsp3) is 0.273. The summed E-state index contributed by atoms with van der Waals surface area (Å²) >= 11 is 0. The molecule has 1 aromatic heterocycles. The first kappa shape index (κ1) is 22.8. The molecule has 1 atom stereocenters. The number of nitrogens with one attached hydrogen (secondary N) is 2. The first-order valence-electron chi connectivity index (χ1n) is 10.2. The number of urea groups is 1. The predicted molar refractivity (Wildman–Crippen MR) is 118 cm³/mol. The molecule has 1 heterocycles. The number of hydrogen-bond donors (Lipinski definition) is 4. The molecule has 0 radical (unpaired) electrons. The lowest BCUT2D eigenvalue weighted by atomic mass is 10.1. The Morgan fingerprint density at radius 1 is 0.844 bits per heavy atom. The Balaban J connectivity index is 1.42. The fourth-order valence-corrected chi connectivity index (χ4v) is 2.88. The molecule has 5 N–H and O–H groups in total. The van der Waals surface area contributed by atoms with Crippen molar-refractivity contribution in [2.45, 2.75) is 31.8 Å². The molecular formula is C22H25N7O3. The molecule has 0 fully saturated rings. The molecule has 166 valence electrons. The number of carboxylic acid groups (broad SMARTS) is 1. The van der Waals surface area contributed by atoms with Crippen LogP contribution in [-0.4, -0.2) is 50.1 Å². The van der Waals surface area contributed by atoms with Crippen molar-refractivity contribution in [3.05, 3.63) is 60.2 Å². The van der Waals surface area contributed by atoms with E-state index in [4.69, 9.17) is 10.8 Å². The molecular weight excluding hydrogens is 410 g/mol. The first-order valence-corrected chi connectivity index (χ1v) is 10.2. The van der Waals surface area contributed by atoms with E-state index in [1.807, 2.05) is 54.6 Å². The normalized spacial score (nSPS) is 11.5. The summed E-state index contributed by atoms with van der Waals surface area (Å²) in [5, 5.41) is 30.8. The molecule has 0 spiro atoms. The Morgan fingerprint density at radius 2 is 1.44 bits per heavy atom. The summed E-state index contributed by atoms with van der Waals surface area (Å²) in [6, 6.07) is 15.8. The maximum atomic E-state index is 11.9. The summed E-state index contributed by atoms with van der Waals surface area (Å²) in [5.41, 5.74) is 7.97. The SMILES string of the molecule is NC(CCCCNC(=O)NCc1ccc(-c2nnc(-c3ccccc3)nn2)cc1)C(=O)O. The van der Waals surface area contributed by atoms with Gasteiger partial charge in [-0.25, -0.2) is 4.79 Å². The van der Waals surface area contributed by atoms with E-state index in [9.17, 15) is 9.59 Å². The monoisotopic (exact) mass is 435 g/mol. The van der Waals surface area contributed by atoms with Crippen molar-refractivity contribution in [1.29, 1.82) is 0 Å². The topological polar surface area (TPSA) is 156 Å². The van der Waals surface area contributed by atoms with Gasteiger partial charge in [-0.15, -0.1) is 20.4 Å². The highest BCUT2D eigenvalue weighted by Crippen LogP contribution is 2.16. The molecule has 10 heteroatoms. The van der Waals surface area contributed by atoms with Gasteiger partial charge in [0.05, 0.1) is 0 Å². The summed E-state index contributed by atoms with van der Waals surface area (Å²) in [6.45, 7) is 0.813. The number of benzene rings is 2. The standard InChI is InChI=1S/C22H25N7O3/c23-18(21(30)31)8-4-5-13-24-22(32)25-14-15-9-11-17(12-10-15)20-28-26-19(27-29-20)16-6-2-1-3-7-16/h1-3,6-7,9-12,18H,4-5,8,13-14,23H2,(H,30,31)(H2,24,25,32). The van der Waals surface area contributed by atoms with Gasteiger partial charge in [0.1, 0.15) is 6.04 Å². The number of carbonyl (C=O) groups excluding carboxylic acids is 1. The lowest BCUT2D eigenvalue weighted by Crippen LogP contribution is -2.35. The van der Waals surface area contributed by atoms with E-state index in [-0.39, 0.29) is 6.03 Å². The van der Waals surface area contributed by atoms with Crippen LogP contribution < -0.4 is 16.4 Å². The highest BCUT2D eigenvalue weighted by molar-refractivity contribution is 5.74. The Bertz CT molecular complexity index is 1010. The zero-order valence-corrected chi connectivity index (χ0v) is 17.4. The van der Waals surface area contributed by atoms with Crippen molar-refractivity contribution in [3.63, 3.8) is 0 Å². The van der Waals surface area contributed by atoms with Crippen LogP contribution >= 0.6 is 0 Å². The van der Waals surface area contributed by atoms with Gasteiger partial charge >= 0.3 is 12.0 Å². The number of unbranched alkanes of at least 4 members (excludes halogenated alkanes) is 1. The number of aliphatic carboxylic acids is 1. The Hall–Kier alpha value is -3.92. The zero-order chi connectivity index (χ0) is 22.8. The van der Waals surface area contributed by atoms with E-state index in [1.165, 1.54) is 0 Å². The summed E-state index contributed by atoms with van der Waals surface area (Å²) in [5.74, 6) is -0.125. The van der Waals surface area contributed by atoms with Crippen molar-refractivity contribution < 1.29 is 14.7 Å². The van der Waals surface area contributed by atoms with E-state index in [0.717, 1.165) is 16.7 Å². The van der Waals surface area contributed by atoms with Crippen molar-refractivity contribution in [2.24, 2.45) is 5.73 Å². The van der Waals surface area contributed by atoms with Gasteiger partial charge in [0.2, 0.25) is 11.6 Å². The van der Waals surface area contributed by atoms with Gasteiger partial charge < -0.3 is 21.5 Å². The second-order valence-corrected chi connectivity index (χ2v) is 7.16. The second kappa shape index (κ2) is 11.5. The molecule has 0 bridgehead atoms. The van der Waals surface area contributed by atoms with Crippen LogP contribution in [0.25, 0.3) is 22.8 Å². The van der Waals surface area contributed by atoms with Crippen molar-refractivity contribution in [3.8, 4) is 22.8 Å². The van der Waals surface area contributed by atoms with Gasteiger partial charge in [-0.3, -0.25) is 4.79 Å². The summed E-state index contributed by atoms with van der Waals surface area (Å²) in [4.78, 5) is 22.5. The largest absolute Gasteiger partial charge is 0.480 e. The number of hydrogen-bond acceptors (Lipinski definition) is 7. The minimum absolute atomic E-state index is 0.287. The van der Waals surface area contributed by atoms with Gasteiger partial charge in [0.25, 0.3) is 0 Å². The van der Waals surface area contributed by atoms with Crippen LogP contribution in [0.2, 0.25) is 0 Å². The third kappa shape index (κ3) is 6.81. The molecule has 0 saturated carbocycles. The average molecular weight is 435 g/mol. The lowest BCUT2D eigenvalue weighted by molar-refractivity contribution is -0.138. The second-order valence-electron chi connectivity index (χ2n) is 7.16. The van der Waals surface area contributed by atoms with Gasteiger partial charge in [0, 0.05) is 24.2 Å². The summed E-state index contributed by atoms with van der Waals surface area (Å²) in [7, 11) is 0. The Labute approximate surface area is 185 Å². The minimum Gasteiger partial charge on any atom is -0.480 e. The Morgan fingerprint density at radius 3 is 2.03 bits per heavy atom. The number of aromatic nitrogens is 4. The van der Waals surface area contributed by atoms with E-state index in [2.05, 4.69) is 31.0 Å². The maximum absolute atomic E-state index is 11.9. The highest BCUT2D eigenvalue weighted by Gasteiger charge is 2.10. The summed E-state index contributed by atoms with van der Waals surface area (Å²) < 4.78 is 0. The molecule has 32 heavy (non-hydrogen) atoms. The van der Waals surface area contributed by atoms with Gasteiger partial charge in [-0.2, -0.15) is 0 Å². The third-order valence-corrected chi connectivity index (χ3v) is 4.72. The van der Waals surface area contributed by atoms with Crippen LogP contribution in [0, 0.1) is 0 Å². The first-order chi connectivity index (χ1) is 15.5. The molecule has 2 amide bonds. The van der Waals surface area contributed by atoms with Crippen LogP contribution in [0.3, 0.4) is 0 Å². The molecule has 3 rings (SSSR count). The smallest absolute Gasteiger partial charge is 0.320 e. The number of amides is 2. The van der Waals surface area contributed by atoms with Crippen LogP contribution in [-0.2, 0) is 11.3 Å². The highest BCUT2D eigenvalue weighted by atomic mass is 16.4. The molecule has 0 aliphatic heterocycles. The number of rotatable bonds is 10. The van der Waals surface area contributed by atoms with Crippen molar-refractivity contribution in [2.75, 3.05) is 6.54 Å². The fourth-order valence-electron chi connectivity index (χ4n) is 2.88. The minimum atomic E-state index is -1.01. The van der Waals surface area contributed by atoms with Crippen LogP contribution in [0.5, 0.6) is 0 Å².